The van der Waals surface area contributed by atoms with Crippen LogP contribution in [0.1, 0.15) is 40.1 Å². The number of hydrogen-bond donors (Lipinski definition) is 2. The van der Waals surface area contributed by atoms with Gasteiger partial charge in [0.1, 0.15) is 5.82 Å². The Morgan fingerprint density at radius 1 is 1.27 bits per heavy atom. The molecule has 2 N–H and O–H groups in total. The summed E-state index contributed by atoms with van der Waals surface area (Å²) in [6.45, 7) is 4.65. The molecule has 0 bridgehead atoms. The highest BCUT2D eigenvalue weighted by Gasteiger charge is 2.15. The van der Waals surface area contributed by atoms with Crippen molar-refractivity contribution in [2.45, 2.75) is 33.2 Å². The number of carbonyl (C=O) groups is 1. The van der Waals surface area contributed by atoms with Crippen molar-refractivity contribution in [1.29, 1.82) is 0 Å². The van der Waals surface area contributed by atoms with Gasteiger partial charge in [-0.2, -0.15) is 0 Å². The third kappa shape index (κ3) is 5.11. The minimum absolute atomic E-state index is 0.163. The fourth-order valence-corrected chi connectivity index (χ4v) is 2.40. The van der Waals surface area contributed by atoms with Crippen molar-refractivity contribution in [3.8, 4) is 5.88 Å². The smallest absolute Gasteiger partial charge is 0.272 e. The molecule has 0 radical (unpaired) electrons. The minimum atomic E-state index is -2.56. The van der Waals surface area contributed by atoms with Gasteiger partial charge in [-0.15, -0.1) is 0 Å². The quantitative estimate of drug-likeness (QED) is 0.789. The molecule has 26 heavy (non-hydrogen) atoms. The fraction of sp³-hybridized carbons (Fsp3) is 0.389. The number of carbonyl (C=O) groups excluding carboxylic acids is 1. The Hall–Kier alpha value is -2.77. The maximum atomic E-state index is 12.5. The van der Waals surface area contributed by atoms with E-state index in [4.69, 9.17) is 4.74 Å². The second-order valence-electron chi connectivity index (χ2n) is 5.92. The van der Waals surface area contributed by atoms with E-state index >= 15 is 0 Å². The molecule has 8 heteroatoms. The lowest BCUT2D eigenvalue weighted by atomic mass is 10.1. The first kappa shape index (κ1) is 19.6. The van der Waals surface area contributed by atoms with E-state index in [1.807, 2.05) is 13.8 Å². The molecule has 0 saturated heterocycles. The van der Waals surface area contributed by atoms with Crippen LogP contribution in [0, 0.1) is 13.8 Å². The van der Waals surface area contributed by atoms with Gasteiger partial charge in [-0.1, -0.05) is 0 Å². The van der Waals surface area contributed by atoms with Crippen LogP contribution in [0.5, 0.6) is 5.88 Å². The predicted molar refractivity (Wildman–Crippen MR) is 94.9 cm³/mol. The van der Waals surface area contributed by atoms with Crippen LogP contribution in [-0.4, -0.2) is 36.0 Å². The van der Waals surface area contributed by atoms with Crippen LogP contribution < -0.4 is 15.4 Å². The molecule has 0 spiro atoms. The average Bonchev–Trinajstić information content (AvgIpc) is 2.59. The molecule has 2 aromatic heterocycles. The summed E-state index contributed by atoms with van der Waals surface area (Å²) in [5, 5.41) is 5.81. The molecule has 6 nitrogen and oxygen atoms in total. The second kappa shape index (κ2) is 8.55. The van der Waals surface area contributed by atoms with E-state index in [0.29, 0.717) is 16.9 Å². The van der Waals surface area contributed by atoms with Gasteiger partial charge < -0.3 is 15.4 Å². The first-order valence-electron chi connectivity index (χ1n) is 8.15. The van der Waals surface area contributed by atoms with E-state index < -0.39 is 13.0 Å². The molecule has 0 aliphatic heterocycles. The Balaban J connectivity index is 2.09. The van der Waals surface area contributed by atoms with Crippen molar-refractivity contribution in [2.75, 3.05) is 19.0 Å². The normalized spacial score (nSPS) is 12.0. The molecular formula is C18H22F2N4O2. The fourth-order valence-electron chi connectivity index (χ4n) is 2.40. The summed E-state index contributed by atoms with van der Waals surface area (Å²) < 4.78 is 29.4. The molecule has 0 aromatic carbocycles. The monoisotopic (exact) mass is 364 g/mol. The van der Waals surface area contributed by atoms with Crippen LogP contribution in [0.2, 0.25) is 0 Å². The Bertz CT molecular complexity index is 784. The number of aryl methyl sites for hydroxylation is 2. The minimum Gasteiger partial charge on any atom is -0.471 e. The third-order valence-corrected chi connectivity index (χ3v) is 3.72. The zero-order chi connectivity index (χ0) is 19.3. The first-order chi connectivity index (χ1) is 12.3. The predicted octanol–water partition coefficient (Wildman–Crippen LogP) is 3.27. The number of nitrogens with one attached hydrogen (secondary N) is 2. The van der Waals surface area contributed by atoms with Gasteiger partial charge in [0.2, 0.25) is 5.88 Å². The van der Waals surface area contributed by atoms with E-state index in [2.05, 4.69) is 20.6 Å². The third-order valence-electron chi connectivity index (χ3n) is 3.72. The van der Waals surface area contributed by atoms with Crippen LogP contribution >= 0.6 is 0 Å². The van der Waals surface area contributed by atoms with Gasteiger partial charge in [-0.3, -0.25) is 4.79 Å². The largest absolute Gasteiger partial charge is 0.471 e. The van der Waals surface area contributed by atoms with Gasteiger partial charge in [0, 0.05) is 30.1 Å². The van der Waals surface area contributed by atoms with Crippen LogP contribution in [0.15, 0.2) is 24.4 Å². The number of pyridine rings is 2. The highest BCUT2D eigenvalue weighted by atomic mass is 19.3. The van der Waals surface area contributed by atoms with Gasteiger partial charge in [0.25, 0.3) is 12.3 Å². The molecule has 1 unspecified atom stereocenters. The number of aromatic nitrogens is 2. The van der Waals surface area contributed by atoms with Crippen molar-refractivity contribution < 1.29 is 18.3 Å². The number of amides is 1. The molecular weight excluding hydrogens is 342 g/mol. The maximum absolute atomic E-state index is 12.5. The number of hydrogen-bond acceptors (Lipinski definition) is 5. The summed E-state index contributed by atoms with van der Waals surface area (Å²) in [5.74, 6) is 0.534. The van der Waals surface area contributed by atoms with E-state index in [1.54, 1.807) is 32.2 Å². The molecule has 0 aliphatic rings. The number of halogens is 2. The zero-order valence-corrected chi connectivity index (χ0v) is 15.1. The van der Waals surface area contributed by atoms with Crippen LogP contribution in [-0.2, 0) is 0 Å². The molecule has 2 aromatic rings. The molecule has 0 fully saturated rings. The Morgan fingerprint density at radius 3 is 2.62 bits per heavy atom. The number of rotatable bonds is 7. The number of ether oxygens (including phenoxy) is 1. The SMILES string of the molecule is CNc1cc(C(=O)NC(C)c2cnc(OCC(F)F)c(C)c2)cc(C)n1. The lowest BCUT2D eigenvalue weighted by Crippen LogP contribution is -2.27. The lowest BCUT2D eigenvalue weighted by Gasteiger charge is -2.16. The second-order valence-corrected chi connectivity index (χ2v) is 5.92. The van der Waals surface area contributed by atoms with Crippen molar-refractivity contribution in [3.63, 3.8) is 0 Å². The van der Waals surface area contributed by atoms with Crippen LogP contribution in [0.25, 0.3) is 0 Å². The summed E-state index contributed by atoms with van der Waals surface area (Å²) in [7, 11) is 1.73. The Labute approximate surface area is 151 Å². The molecule has 140 valence electrons. The average molecular weight is 364 g/mol. The summed E-state index contributed by atoms with van der Waals surface area (Å²) in [6.07, 6.45) is -1.05. The number of anilines is 1. The summed E-state index contributed by atoms with van der Waals surface area (Å²) in [6, 6.07) is 4.81. The molecule has 1 atom stereocenters. The standard InChI is InChI=1S/C18H22F2N4O2/c1-10-5-14(8-22-18(10)26-9-15(19)20)12(3)24-17(25)13-6-11(2)23-16(7-13)21-4/h5-8,12,15H,9H2,1-4H3,(H,21,23)(H,24,25). The van der Waals surface area contributed by atoms with Gasteiger partial charge in [0.15, 0.2) is 6.61 Å². The summed E-state index contributed by atoms with van der Waals surface area (Å²) in [5.41, 5.74) is 2.60. The van der Waals surface area contributed by atoms with Crippen LogP contribution in [0.3, 0.4) is 0 Å². The van der Waals surface area contributed by atoms with Crippen LogP contribution in [0.4, 0.5) is 14.6 Å². The first-order valence-corrected chi connectivity index (χ1v) is 8.15. The van der Waals surface area contributed by atoms with E-state index in [9.17, 15) is 13.6 Å². The molecule has 2 heterocycles. The van der Waals surface area contributed by atoms with Gasteiger partial charge in [0.05, 0.1) is 6.04 Å². The van der Waals surface area contributed by atoms with Gasteiger partial charge >= 0.3 is 0 Å². The summed E-state index contributed by atoms with van der Waals surface area (Å²) in [4.78, 5) is 20.8. The summed E-state index contributed by atoms with van der Waals surface area (Å²) >= 11 is 0. The Kier molecular flexibility index (Phi) is 6.43. The Morgan fingerprint density at radius 2 is 2.00 bits per heavy atom. The van der Waals surface area contributed by atoms with Crippen molar-refractivity contribution in [2.24, 2.45) is 0 Å². The molecule has 1 amide bonds. The molecule has 2 rings (SSSR count). The number of alkyl halides is 2. The lowest BCUT2D eigenvalue weighted by molar-refractivity contribution is 0.0791. The highest BCUT2D eigenvalue weighted by Crippen LogP contribution is 2.21. The number of nitrogens with zero attached hydrogens (tertiary/aromatic N) is 2. The van der Waals surface area contributed by atoms with Crippen molar-refractivity contribution >= 4 is 11.7 Å². The van der Waals surface area contributed by atoms with E-state index in [0.717, 1.165) is 11.3 Å². The highest BCUT2D eigenvalue weighted by molar-refractivity contribution is 5.95. The van der Waals surface area contributed by atoms with E-state index in [-0.39, 0.29) is 17.8 Å². The van der Waals surface area contributed by atoms with Gasteiger partial charge in [-0.05, 0) is 44.5 Å². The molecule has 0 aliphatic carbocycles. The van der Waals surface area contributed by atoms with E-state index in [1.165, 1.54) is 6.20 Å². The van der Waals surface area contributed by atoms with Crippen molar-refractivity contribution in [1.82, 2.24) is 15.3 Å². The molecule has 0 saturated carbocycles. The topological polar surface area (TPSA) is 76.1 Å². The van der Waals surface area contributed by atoms with Gasteiger partial charge in [-0.25, -0.2) is 18.7 Å². The zero-order valence-electron chi connectivity index (χ0n) is 15.1. The van der Waals surface area contributed by atoms with Crippen molar-refractivity contribution in [3.05, 3.63) is 46.8 Å². The maximum Gasteiger partial charge on any atom is 0.272 e.